The molecule has 0 N–H and O–H groups in total. The van der Waals surface area contributed by atoms with E-state index in [2.05, 4.69) is 9.97 Å². The molecule has 0 bridgehead atoms. The molecule has 25 heavy (non-hydrogen) atoms. The lowest BCUT2D eigenvalue weighted by molar-refractivity contribution is -0.128. The van der Waals surface area contributed by atoms with E-state index < -0.39 is 0 Å². The average Bonchev–Trinajstić information content (AvgIpc) is 2.81. The molecule has 4 rings (SSSR count). The largest absolute Gasteiger partial charge is 0.342 e. The molecule has 1 aromatic carbocycles. The number of fused-ring (bicyclic) bond motifs is 3. The van der Waals surface area contributed by atoms with Crippen molar-refractivity contribution < 1.29 is 9.18 Å². The quantitative estimate of drug-likeness (QED) is 0.500. The van der Waals surface area contributed by atoms with Crippen LogP contribution in [0.15, 0.2) is 29.6 Å². The molecule has 1 aliphatic heterocycles. The van der Waals surface area contributed by atoms with Crippen molar-refractivity contribution in [1.29, 1.82) is 0 Å². The summed E-state index contributed by atoms with van der Waals surface area (Å²) in [7, 11) is 0. The highest BCUT2D eigenvalue weighted by Crippen LogP contribution is 2.38. The van der Waals surface area contributed by atoms with Crippen LogP contribution in [0, 0.1) is 5.82 Å². The van der Waals surface area contributed by atoms with Gasteiger partial charge in [-0.05, 0) is 25.0 Å². The van der Waals surface area contributed by atoms with Crippen LogP contribution < -0.4 is 0 Å². The lowest BCUT2D eigenvalue weighted by Gasteiger charge is -2.19. The molecule has 1 fully saturated rings. The first-order valence-electron chi connectivity index (χ1n) is 8.46. The van der Waals surface area contributed by atoms with Gasteiger partial charge in [-0.15, -0.1) is 11.3 Å². The van der Waals surface area contributed by atoms with Crippen LogP contribution in [-0.2, 0) is 4.79 Å². The van der Waals surface area contributed by atoms with Gasteiger partial charge in [0, 0.05) is 17.8 Å². The van der Waals surface area contributed by atoms with Gasteiger partial charge in [0.15, 0.2) is 0 Å². The molecule has 0 aliphatic carbocycles. The summed E-state index contributed by atoms with van der Waals surface area (Å²) in [6.07, 6.45) is 6.04. The summed E-state index contributed by atoms with van der Waals surface area (Å²) < 4.78 is 15.9. The second-order valence-electron chi connectivity index (χ2n) is 6.16. The van der Waals surface area contributed by atoms with Crippen molar-refractivity contribution in [3.63, 3.8) is 0 Å². The van der Waals surface area contributed by atoms with Crippen LogP contribution in [0.1, 0.15) is 25.7 Å². The Morgan fingerprint density at radius 2 is 2.00 bits per heavy atom. The highest BCUT2D eigenvalue weighted by atomic mass is 32.2. The van der Waals surface area contributed by atoms with E-state index in [1.54, 1.807) is 6.07 Å². The monoisotopic (exact) mass is 375 g/mol. The maximum absolute atomic E-state index is 14.2. The van der Waals surface area contributed by atoms with Gasteiger partial charge >= 0.3 is 0 Å². The first-order valence-corrected chi connectivity index (χ1v) is 10.3. The molecule has 130 valence electrons. The minimum Gasteiger partial charge on any atom is -0.342 e. The van der Waals surface area contributed by atoms with E-state index in [0.29, 0.717) is 16.7 Å². The van der Waals surface area contributed by atoms with Crippen LogP contribution in [0.3, 0.4) is 0 Å². The fourth-order valence-corrected chi connectivity index (χ4v) is 5.35. The van der Waals surface area contributed by atoms with E-state index in [0.717, 1.165) is 40.4 Å². The highest BCUT2D eigenvalue weighted by Gasteiger charge is 2.18. The van der Waals surface area contributed by atoms with E-state index in [9.17, 15) is 9.18 Å². The first kappa shape index (κ1) is 16.7. The topological polar surface area (TPSA) is 46.1 Å². The molecule has 1 saturated heterocycles. The number of hydrogen-bond acceptors (Lipinski definition) is 5. The molecule has 0 unspecified atom stereocenters. The average molecular weight is 375 g/mol. The van der Waals surface area contributed by atoms with E-state index >= 15 is 0 Å². The van der Waals surface area contributed by atoms with Gasteiger partial charge in [-0.25, -0.2) is 14.4 Å². The van der Waals surface area contributed by atoms with Gasteiger partial charge < -0.3 is 4.90 Å². The third-order valence-corrected chi connectivity index (χ3v) is 6.74. The summed E-state index contributed by atoms with van der Waals surface area (Å²) in [5.41, 5.74) is 0.637. The zero-order valence-electron chi connectivity index (χ0n) is 13.7. The zero-order chi connectivity index (χ0) is 17.2. The van der Waals surface area contributed by atoms with Crippen molar-refractivity contribution in [2.45, 2.75) is 30.7 Å². The zero-order valence-corrected chi connectivity index (χ0v) is 15.3. The minimum absolute atomic E-state index is 0.158. The van der Waals surface area contributed by atoms with Crippen molar-refractivity contribution in [1.82, 2.24) is 14.9 Å². The molecule has 4 nitrogen and oxygen atoms in total. The van der Waals surface area contributed by atoms with Gasteiger partial charge in [0.2, 0.25) is 5.91 Å². The van der Waals surface area contributed by atoms with Gasteiger partial charge in [-0.3, -0.25) is 4.79 Å². The molecular weight excluding hydrogens is 357 g/mol. The molecule has 2 aromatic heterocycles. The Labute approximate surface area is 153 Å². The lowest BCUT2D eigenvalue weighted by Crippen LogP contribution is -2.33. The number of carbonyl (C=O) groups is 1. The van der Waals surface area contributed by atoms with Crippen LogP contribution in [-0.4, -0.2) is 39.6 Å². The number of halogens is 1. The smallest absolute Gasteiger partial charge is 0.232 e. The summed E-state index contributed by atoms with van der Waals surface area (Å²) in [5.74, 6) is 0.257. The van der Waals surface area contributed by atoms with Crippen LogP contribution >= 0.6 is 23.1 Å². The van der Waals surface area contributed by atoms with Crippen LogP contribution in [0.4, 0.5) is 4.39 Å². The number of benzene rings is 1. The molecule has 0 saturated carbocycles. The first-order chi connectivity index (χ1) is 12.2. The normalized spacial score (nSPS) is 15.6. The number of thioether (sulfide) groups is 1. The number of likely N-dealkylation sites (tertiary alicyclic amines) is 1. The Hall–Kier alpha value is -1.73. The summed E-state index contributed by atoms with van der Waals surface area (Å²) >= 11 is 2.91. The number of rotatable bonds is 3. The highest BCUT2D eigenvalue weighted by molar-refractivity contribution is 8.00. The molecule has 3 heterocycles. The molecule has 0 atom stereocenters. The fraction of sp³-hybridized carbons (Fsp3) is 0.389. The van der Waals surface area contributed by atoms with Gasteiger partial charge in [0.05, 0.1) is 21.4 Å². The Bertz CT molecular complexity index is 919. The predicted octanol–water partition coefficient (Wildman–Crippen LogP) is 4.48. The number of hydrogen-bond donors (Lipinski definition) is 0. The number of thiophene rings is 1. The molecule has 7 heteroatoms. The standard InChI is InChI=1S/C18H18FN3OS2/c19-12-6-5-7-13-15(12)16-17(25-13)18(21-11-20-16)24-10-14(23)22-8-3-1-2-4-9-22/h5-7,11H,1-4,8-10H2. The van der Waals surface area contributed by atoms with Gasteiger partial charge in [0.1, 0.15) is 17.2 Å². The van der Waals surface area contributed by atoms with Crippen LogP contribution in [0.2, 0.25) is 0 Å². The number of carbonyl (C=O) groups excluding carboxylic acids is 1. The van der Waals surface area contributed by atoms with Gasteiger partial charge in [-0.2, -0.15) is 0 Å². The Kier molecular flexibility index (Phi) is 4.85. The van der Waals surface area contributed by atoms with Gasteiger partial charge in [0.25, 0.3) is 0 Å². The van der Waals surface area contributed by atoms with Crippen molar-refractivity contribution >= 4 is 49.3 Å². The molecular formula is C18H18FN3OS2. The van der Waals surface area contributed by atoms with E-state index in [-0.39, 0.29) is 11.7 Å². The summed E-state index contributed by atoms with van der Waals surface area (Å²) in [6, 6.07) is 5.05. The third kappa shape index (κ3) is 3.35. The summed E-state index contributed by atoms with van der Waals surface area (Å²) in [6.45, 7) is 1.71. The Balaban J connectivity index is 1.58. The minimum atomic E-state index is -0.265. The van der Waals surface area contributed by atoms with Crippen molar-refractivity contribution in [2.75, 3.05) is 18.8 Å². The number of nitrogens with zero attached hydrogens (tertiary/aromatic N) is 3. The maximum atomic E-state index is 14.2. The molecule has 1 amide bonds. The third-order valence-electron chi connectivity index (χ3n) is 4.49. The molecule has 0 spiro atoms. The second kappa shape index (κ2) is 7.25. The predicted molar refractivity (Wildman–Crippen MR) is 101 cm³/mol. The summed E-state index contributed by atoms with van der Waals surface area (Å²) in [5, 5.41) is 1.30. The van der Waals surface area contributed by atoms with Crippen molar-refractivity contribution in [3.8, 4) is 0 Å². The molecule has 0 radical (unpaired) electrons. The van der Waals surface area contributed by atoms with Crippen LogP contribution in [0.5, 0.6) is 0 Å². The molecule has 1 aliphatic rings. The van der Waals surface area contributed by atoms with Crippen LogP contribution in [0.25, 0.3) is 20.3 Å². The Morgan fingerprint density at radius 1 is 1.20 bits per heavy atom. The SMILES string of the molecule is O=C(CSc1ncnc2c1sc1cccc(F)c12)N1CCCCCC1. The number of amides is 1. The summed E-state index contributed by atoms with van der Waals surface area (Å²) in [4.78, 5) is 23.1. The number of aromatic nitrogens is 2. The van der Waals surface area contributed by atoms with E-state index in [4.69, 9.17) is 0 Å². The maximum Gasteiger partial charge on any atom is 0.232 e. The fourth-order valence-electron chi connectivity index (χ4n) is 3.20. The second-order valence-corrected chi connectivity index (χ2v) is 8.17. The van der Waals surface area contributed by atoms with Gasteiger partial charge in [-0.1, -0.05) is 30.7 Å². The van der Waals surface area contributed by atoms with Crippen molar-refractivity contribution in [2.24, 2.45) is 0 Å². The van der Waals surface area contributed by atoms with Crippen molar-refractivity contribution in [3.05, 3.63) is 30.3 Å². The Morgan fingerprint density at radius 3 is 2.80 bits per heavy atom. The molecule has 3 aromatic rings. The lowest BCUT2D eigenvalue weighted by atomic mass is 10.2. The van der Waals surface area contributed by atoms with E-state index in [1.807, 2.05) is 11.0 Å². The van der Waals surface area contributed by atoms with E-state index in [1.165, 1.54) is 48.3 Å².